The van der Waals surface area contributed by atoms with Gasteiger partial charge in [0, 0.05) is 13.1 Å². The van der Waals surface area contributed by atoms with E-state index in [1.807, 2.05) is 6.07 Å². The van der Waals surface area contributed by atoms with E-state index in [0.717, 1.165) is 18.7 Å². The summed E-state index contributed by atoms with van der Waals surface area (Å²) in [5, 5.41) is 8.87. The van der Waals surface area contributed by atoms with Crippen LogP contribution in [0, 0.1) is 11.3 Å². The summed E-state index contributed by atoms with van der Waals surface area (Å²) in [6.07, 6.45) is 1.76. The summed E-state index contributed by atoms with van der Waals surface area (Å²) < 4.78 is 0. The molecule has 0 amide bonds. The molecule has 2 heteroatoms. The van der Waals surface area contributed by atoms with Crippen molar-refractivity contribution in [3.63, 3.8) is 0 Å². The topological polar surface area (TPSA) is 27.0 Å². The number of benzene rings is 2. The Kier molecular flexibility index (Phi) is 3.80. The Bertz CT molecular complexity index is 609. The highest BCUT2D eigenvalue weighted by molar-refractivity contribution is 5.35. The fourth-order valence-electron chi connectivity index (χ4n) is 2.81. The first-order valence-corrected chi connectivity index (χ1v) is 7.13. The summed E-state index contributed by atoms with van der Waals surface area (Å²) in [5.74, 6) is 0. The van der Waals surface area contributed by atoms with Crippen molar-refractivity contribution in [2.75, 3.05) is 13.1 Å². The van der Waals surface area contributed by atoms with Crippen LogP contribution in [0.15, 0.2) is 54.6 Å². The Morgan fingerprint density at radius 3 is 2.40 bits per heavy atom. The van der Waals surface area contributed by atoms with Crippen LogP contribution < -0.4 is 0 Å². The molecule has 0 N–H and O–H groups in total. The van der Waals surface area contributed by atoms with Gasteiger partial charge in [-0.3, -0.25) is 4.90 Å². The van der Waals surface area contributed by atoms with E-state index in [0.29, 0.717) is 12.5 Å². The van der Waals surface area contributed by atoms with E-state index in [9.17, 15) is 0 Å². The average Bonchev–Trinajstić information content (AvgIpc) is 2.44. The second kappa shape index (κ2) is 5.90. The van der Waals surface area contributed by atoms with Crippen LogP contribution in [0.4, 0.5) is 0 Å². The third kappa shape index (κ3) is 2.59. The minimum atomic E-state index is 0.323. The van der Waals surface area contributed by atoms with E-state index in [4.69, 9.17) is 5.26 Å². The van der Waals surface area contributed by atoms with E-state index in [1.165, 1.54) is 17.5 Å². The fourth-order valence-corrected chi connectivity index (χ4v) is 2.81. The van der Waals surface area contributed by atoms with Gasteiger partial charge in [-0.1, -0.05) is 54.6 Å². The molecule has 0 radical (unpaired) electrons. The molecule has 0 aromatic heterocycles. The summed E-state index contributed by atoms with van der Waals surface area (Å²) in [6.45, 7) is 2.31. The largest absolute Gasteiger partial charge is 0.292 e. The van der Waals surface area contributed by atoms with E-state index >= 15 is 0 Å². The average molecular weight is 262 g/mol. The Hall–Kier alpha value is -2.11. The molecule has 0 saturated carbocycles. The molecule has 1 saturated heterocycles. The quantitative estimate of drug-likeness (QED) is 0.842. The molecule has 2 nitrogen and oxygen atoms in total. The molecule has 2 aromatic carbocycles. The molecule has 0 spiro atoms. The highest BCUT2D eigenvalue weighted by Gasteiger charge is 2.26. The number of hydrogen-bond donors (Lipinski definition) is 0. The second-order valence-electron chi connectivity index (χ2n) is 5.28. The molecule has 1 fully saturated rings. The molecule has 1 atom stereocenters. The van der Waals surface area contributed by atoms with Gasteiger partial charge in [-0.15, -0.1) is 0 Å². The van der Waals surface area contributed by atoms with Crippen molar-refractivity contribution in [3.8, 4) is 6.07 Å². The van der Waals surface area contributed by atoms with Gasteiger partial charge in [0.15, 0.2) is 0 Å². The predicted molar refractivity (Wildman–Crippen MR) is 80.2 cm³/mol. The lowest BCUT2D eigenvalue weighted by molar-refractivity contribution is 0.140. The van der Waals surface area contributed by atoms with E-state index in [1.54, 1.807) is 0 Å². The smallest absolute Gasteiger partial charge is 0.0669 e. The molecular formula is C18H18N2. The molecule has 2 aromatic rings. The first-order valence-electron chi connectivity index (χ1n) is 7.13. The van der Waals surface area contributed by atoms with Gasteiger partial charge in [-0.2, -0.15) is 5.26 Å². The number of nitrogens with zero attached hydrogens (tertiary/aromatic N) is 2. The minimum absolute atomic E-state index is 0.323. The second-order valence-corrected chi connectivity index (χ2v) is 5.28. The fraction of sp³-hybridized carbons (Fsp3) is 0.278. The highest BCUT2D eigenvalue weighted by atomic mass is 15.2. The lowest BCUT2D eigenvalue weighted by Gasteiger charge is -2.39. The van der Waals surface area contributed by atoms with Crippen LogP contribution in [0.5, 0.6) is 0 Å². The zero-order valence-corrected chi connectivity index (χ0v) is 11.5. The molecule has 1 unspecified atom stereocenters. The van der Waals surface area contributed by atoms with Crippen LogP contribution in [0.2, 0.25) is 0 Å². The Balaban J connectivity index is 1.97. The zero-order valence-electron chi connectivity index (χ0n) is 11.5. The lowest BCUT2D eigenvalue weighted by Crippen LogP contribution is -2.40. The Labute approximate surface area is 120 Å². The maximum Gasteiger partial charge on any atom is 0.0669 e. The number of rotatable bonds is 4. The third-order valence-corrected chi connectivity index (χ3v) is 3.92. The zero-order chi connectivity index (χ0) is 13.8. The Morgan fingerprint density at radius 2 is 1.75 bits per heavy atom. The Morgan fingerprint density at radius 1 is 1.00 bits per heavy atom. The van der Waals surface area contributed by atoms with Crippen LogP contribution in [0.25, 0.3) is 0 Å². The van der Waals surface area contributed by atoms with E-state index in [-0.39, 0.29) is 0 Å². The van der Waals surface area contributed by atoms with Crippen molar-refractivity contribution in [2.45, 2.75) is 18.9 Å². The monoisotopic (exact) mass is 262 g/mol. The summed E-state index contributed by atoms with van der Waals surface area (Å²) in [5.41, 5.74) is 3.73. The van der Waals surface area contributed by atoms with Gasteiger partial charge >= 0.3 is 0 Å². The van der Waals surface area contributed by atoms with Crippen LogP contribution in [0.3, 0.4) is 0 Å². The lowest BCUT2D eigenvalue weighted by atomic mass is 9.93. The van der Waals surface area contributed by atoms with Crippen molar-refractivity contribution in [1.29, 1.82) is 5.26 Å². The maximum absolute atomic E-state index is 8.87. The number of likely N-dealkylation sites (tertiary alicyclic amines) is 1. The highest BCUT2D eigenvalue weighted by Crippen LogP contribution is 2.32. The van der Waals surface area contributed by atoms with Crippen LogP contribution in [-0.4, -0.2) is 18.0 Å². The molecule has 1 aliphatic heterocycles. The first kappa shape index (κ1) is 12.9. The standard InChI is InChI=1S/C18H18N2/c19-11-10-15-6-4-9-17(14-15)18(20-12-5-13-20)16-7-2-1-3-8-16/h1-4,6-9,14,18H,5,10,12-13H2. The van der Waals surface area contributed by atoms with Gasteiger partial charge < -0.3 is 0 Å². The molecule has 0 bridgehead atoms. The predicted octanol–water partition coefficient (Wildman–Crippen LogP) is 3.55. The SMILES string of the molecule is N#CCc1cccc(C(c2ccccc2)N2CCC2)c1. The van der Waals surface area contributed by atoms with Gasteiger partial charge in [0.05, 0.1) is 18.5 Å². The first-order chi connectivity index (χ1) is 9.88. The van der Waals surface area contributed by atoms with Gasteiger partial charge in [0.2, 0.25) is 0 Å². The van der Waals surface area contributed by atoms with Crippen molar-refractivity contribution in [1.82, 2.24) is 4.90 Å². The molecule has 1 heterocycles. The summed E-state index contributed by atoms with van der Waals surface area (Å²) in [7, 11) is 0. The molecule has 3 rings (SSSR count). The molecule has 1 aliphatic rings. The van der Waals surface area contributed by atoms with Crippen molar-refractivity contribution in [2.24, 2.45) is 0 Å². The molecule has 100 valence electrons. The molecule has 0 aliphatic carbocycles. The van der Waals surface area contributed by atoms with Crippen molar-refractivity contribution >= 4 is 0 Å². The van der Waals surface area contributed by atoms with Crippen molar-refractivity contribution < 1.29 is 0 Å². The van der Waals surface area contributed by atoms with Crippen LogP contribution in [-0.2, 0) is 6.42 Å². The number of nitriles is 1. The summed E-state index contributed by atoms with van der Waals surface area (Å²) >= 11 is 0. The maximum atomic E-state index is 8.87. The van der Waals surface area contributed by atoms with Crippen molar-refractivity contribution in [3.05, 3.63) is 71.3 Å². The molecular weight excluding hydrogens is 244 g/mol. The minimum Gasteiger partial charge on any atom is -0.292 e. The van der Waals surface area contributed by atoms with Crippen LogP contribution in [0.1, 0.15) is 29.2 Å². The number of hydrogen-bond acceptors (Lipinski definition) is 2. The third-order valence-electron chi connectivity index (χ3n) is 3.92. The summed E-state index contributed by atoms with van der Waals surface area (Å²) in [4.78, 5) is 2.50. The van der Waals surface area contributed by atoms with Gasteiger partial charge in [-0.25, -0.2) is 0 Å². The van der Waals surface area contributed by atoms with E-state index < -0.39 is 0 Å². The normalized spacial score (nSPS) is 16.1. The summed E-state index contributed by atoms with van der Waals surface area (Å²) in [6, 6.07) is 21.7. The van der Waals surface area contributed by atoms with Gasteiger partial charge in [-0.05, 0) is 23.1 Å². The van der Waals surface area contributed by atoms with Crippen LogP contribution >= 0.6 is 0 Å². The van der Waals surface area contributed by atoms with Gasteiger partial charge in [0.1, 0.15) is 0 Å². The van der Waals surface area contributed by atoms with Gasteiger partial charge in [0.25, 0.3) is 0 Å². The molecule has 20 heavy (non-hydrogen) atoms. The van der Waals surface area contributed by atoms with E-state index in [2.05, 4.69) is 59.5 Å².